The maximum atomic E-state index is 14.8. The smallest absolute Gasteiger partial charge is 0.192 e. The van der Waals surface area contributed by atoms with Gasteiger partial charge in [-0.15, -0.1) is 0 Å². The molecule has 1 aliphatic rings. The van der Waals surface area contributed by atoms with Crippen LogP contribution in [0, 0.1) is 18.6 Å². The van der Waals surface area contributed by atoms with Gasteiger partial charge in [0.2, 0.25) is 0 Å². The van der Waals surface area contributed by atoms with Crippen LogP contribution in [0.3, 0.4) is 0 Å². The molecule has 2 aromatic carbocycles. The lowest BCUT2D eigenvalue weighted by Crippen LogP contribution is -2.19. The number of aliphatic imine (C=N–C) groups is 1. The van der Waals surface area contributed by atoms with E-state index in [2.05, 4.69) is 11.6 Å². The number of rotatable bonds is 2. The van der Waals surface area contributed by atoms with E-state index < -0.39 is 17.7 Å². The summed E-state index contributed by atoms with van der Waals surface area (Å²) in [7, 11) is 0. The summed E-state index contributed by atoms with van der Waals surface area (Å²) in [6.45, 7) is 7.20. The van der Waals surface area contributed by atoms with E-state index in [-0.39, 0.29) is 32.3 Å². The van der Waals surface area contributed by atoms with Crippen molar-refractivity contribution < 1.29 is 8.78 Å². The van der Waals surface area contributed by atoms with E-state index in [1.54, 1.807) is 36.7 Å². The van der Waals surface area contributed by atoms with Crippen molar-refractivity contribution in [1.82, 2.24) is 4.57 Å². The van der Waals surface area contributed by atoms with Crippen LogP contribution in [0.5, 0.6) is 0 Å². The average molecular weight is 445 g/mol. The molecule has 0 N–H and O–H groups in total. The highest BCUT2D eigenvalue weighted by Crippen LogP contribution is 2.39. The molecule has 0 radical (unpaired) electrons. The summed E-state index contributed by atoms with van der Waals surface area (Å²) in [5.41, 5.74) is 1.75. The number of benzene rings is 2. The summed E-state index contributed by atoms with van der Waals surface area (Å²) < 4.78 is 31.3. The van der Waals surface area contributed by atoms with E-state index in [0.29, 0.717) is 22.5 Å². The molecule has 152 valence electrons. The number of nitrogens with zero attached hydrogens (tertiary/aromatic N) is 2. The van der Waals surface area contributed by atoms with E-state index in [1.807, 2.05) is 0 Å². The van der Waals surface area contributed by atoms with Gasteiger partial charge in [-0.25, -0.2) is 8.78 Å². The lowest BCUT2D eigenvalue weighted by atomic mass is 9.99. The van der Waals surface area contributed by atoms with Crippen molar-refractivity contribution in [3.8, 4) is 5.69 Å². The largest absolute Gasteiger partial charge is 0.317 e. The Kier molecular flexibility index (Phi) is 5.12. The number of hydrogen-bond acceptors (Lipinski definition) is 2. The molecular weight excluding hydrogens is 429 g/mol. The number of aryl methyl sites for hydroxylation is 1. The van der Waals surface area contributed by atoms with Gasteiger partial charge in [-0.1, -0.05) is 41.9 Å². The first-order valence-corrected chi connectivity index (χ1v) is 9.91. The van der Waals surface area contributed by atoms with Gasteiger partial charge in [0.15, 0.2) is 5.43 Å². The fourth-order valence-electron chi connectivity index (χ4n) is 3.80. The maximum absolute atomic E-state index is 14.8. The third kappa shape index (κ3) is 3.01. The van der Waals surface area contributed by atoms with Crippen molar-refractivity contribution >= 4 is 35.0 Å². The Morgan fingerprint density at radius 3 is 2.43 bits per heavy atom. The van der Waals surface area contributed by atoms with Crippen LogP contribution in [0.25, 0.3) is 11.8 Å². The Bertz CT molecular complexity index is 1290. The SMILES string of the molecule is C=Cc1c2n(cc(C)c1=O)-c1ccc(Cl)c(Cl)c1C(c1c(F)cccc1F)=N[C@H]2C. The van der Waals surface area contributed by atoms with Crippen molar-refractivity contribution in [3.05, 3.63) is 103 Å². The van der Waals surface area contributed by atoms with E-state index in [1.165, 1.54) is 12.1 Å². The summed E-state index contributed by atoms with van der Waals surface area (Å²) in [6.07, 6.45) is 3.14. The predicted octanol–water partition coefficient (Wildman–Crippen LogP) is 6.29. The number of hydrogen-bond donors (Lipinski definition) is 0. The lowest BCUT2D eigenvalue weighted by Gasteiger charge is -2.19. The van der Waals surface area contributed by atoms with Gasteiger partial charge in [-0.05, 0) is 38.1 Å². The molecule has 4 rings (SSSR count). The molecule has 0 fully saturated rings. The van der Waals surface area contributed by atoms with Gasteiger partial charge in [0.1, 0.15) is 11.6 Å². The molecule has 0 amide bonds. The normalized spacial score (nSPS) is 15.1. The van der Waals surface area contributed by atoms with Crippen LogP contribution >= 0.6 is 23.2 Å². The summed E-state index contributed by atoms with van der Waals surface area (Å²) in [6, 6.07) is 6.26. The van der Waals surface area contributed by atoms with Gasteiger partial charge in [-0.2, -0.15) is 0 Å². The van der Waals surface area contributed by atoms with E-state index in [0.717, 1.165) is 12.1 Å². The van der Waals surface area contributed by atoms with Gasteiger partial charge in [-0.3, -0.25) is 9.79 Å². The minimum atomic E-state index is -0.775. The van der Waals surface area contributed by atoms with Crippen molar-refractivity contribution in [2.75, 3.05) is 0 Å². The zero-order valence-electron chi connectivity index (χ0n) is 16.1. The summed E-state index contributed by atoms with van der Waals surface area (Å²) in [4.78, 5) is 17.3. The molecule has 2 heterocycles. The van der Waals surface area contributed by atoms with Crippen molar-refractivity contribution in [2.45, 2.75) is 19.9 Å². The molecular formula is C23H16Cl2F2N2O. The van der Waals surface area contributed by atoms with Crippen LogP contribution in [0.4, 0.5) is 8.78 Å². The van der Waals surface area contributed by atoms with Gasteiger partial charge in [0.05, 0.1) is 38.7 Å². The molecule has 0 spiro atoms. The Balaban J connectivity index is 2.22. The van der Waals surface area contributed by atoms with E-state index in [9.17, 15) is 13.6 Å². The minimum Gasteiger partial charge on any atom is -0.317 e. The maximum Gasteiger partial charge on any atom is 0.192 e. The lowest BCUT2D eigenvalue weighted by molar-refractivity contribution is 0.578. The molecule has 0 unspecified atom stereocenters. The van der Waals surface area contributed by atoms with Gasteiger partial charge < -0.3 is 4.57 Å². The molecule has 1 atom stereocenters. The highest BCUT2D eigenvalue weighted by atomic mass is 35.5. The zero-order valence-corrected chi connectivity index (χ0v) is 17.7. The molecule has 0 saturated heterocycles. The van der Waals surface area contributed by atoms with E-state index in [4.69, 9.17) is 23.2 Å². The number of halogens is 4. The van der Waals surface area contributed by atoms with Crippen molar-refractivity contribution in [1.29, 1.82) is 0 Å². The van der Waals surface area contributed by atoms with Crippen LogP contribution in [0.1, 0.15) is 40.9 Å². The standard InChI is InChI=1S/C23H16Cl2F2N2O/c1-4-13-22-12(3)28-21(18-15(26)6-5-7-16(18)27)19-17(9-8-14(24)20(19)25)29(22)10-11(2)23(13)30/h4-10,12H,1H2,2-3H3/t12-/m0/s1. The van der Waals surface area contributed by atoms with Gasteiger partial charge >= 0.3 is 0 Å². The summed E-state index contributed by atoms with van der Waals surface area (Å²) in [5, 5.41) is 0.338. The number of fused-ring (bicyclic) bond motifs is 3. The van der Waals surface area contributed by atoms with Crippen molar-refractivity contribution in [2.24, 2.45) is 4.99 Å². The number of pyridine rings is 1. The summed E-state index contributed by atoms with van der Waals surface area (Å²) in [5.74, 6) is -1.55. The monoisotopic (exact) mass is 444 g/mol. The fraction of sp³-hybridized carbons (Fsp3) is 0.130. The third-order valence-electron chi connectivity index (χ3n) is 5.15. The third-order valence-corrected chi connectivity index (χ3v) is 5.96. The molecule has 1 aliphatic heterocycles. The van der Waals surface area contributed by atoms with Crippen LogP contribution in [-0.4, -0.2) is 10.3 Å². The quantitative estimate of drug-likeness (QED) is 0.457. The van der Waals surface area contributed by atoms with E-state index >= 15 is 0 Å². The first-order chi connectivity index (χ1) is 14.3. The zero-order chi connectivity index (χ0) is 21.7. The molecule has 1 aromatic heterocycles. The first kappa shape index (κ1) is 20.5. The summed E-state index contributed by atoms with van der Waals surface area (Å²) >= 11 is 12.8. The van der Waals surface area contributed by atoms with Crippen LogP contribution in [0.2, 0.25) is 10.0 Å². The van der Waals surface area contributed by atoms with Crippen molar-refractivity contribution in [3.63, 3.8) is 0 Å². The minimum absolute atomic E-state index is 0.0319. The fourth-order valence-corrected chi connectivity index (χ4v) is 4.21. The Morgan fingerprint density at radius 1 is 1.13 bits per heavy atom. The highest BCUT2D eigenvalue weighted by Gasteiger charge is 2.30. The van der Waals surface area contributed by atoms with Crippen LogP contribution < -0.4 is 5.43 Å². The molecule has 30 heavy (non-hydrogen) atoms. The van der Waals surface area contributed by atoms with Crippen LogP contribution in [0.15, 0.2) is 52.9 Å². The Labute approximate surface area is 181 Å². The molecule has 7 heteroatoms. The second-order valence-corrected chi connectivity index (χ2v) is 7.81. The van der Waals surface area contributed by atoms with Gasteiger partial charge in [0.25, 0.3) is 0 Å². The molecule has 0 bridgehead atoms. The van der Waals surface area contributed by atoms with Crippen LogP contribution in [-0.2, 0) is 0 Å². The van der Waals surface area contributed by atoms with Gasteiger partial charge in [0, 0.05) is 22.9 Å². The molecule has 3 nitrogen and oxygen atoms in total. The Morgan fingerprint density at radius 2 is 1.80 bits per heavy atom. The first-order valence-electron chi connectivity index (χ1n) is 9.15. The molecule has 3 aromatic rings. The number of aromatic nitrogens is 1. The second-order valence-electron chi connectivity index (χ2n) is 7.02. The Hall–Kier alpha value is -2.76. The molecule has 0 aliphatic carbocycles. The molecule has 0 saturated carbocycles. The predicted molar refractivity (Wildman–Crippen MR) is 117 cm³/mol. The second kappa shape index (κ2) is 7.49. The average Bonchev–Trinajstić information content (AvgIpc) is 2.81. The highest BCUT2D eigenvalue weighted by molar-refractivity contribution is 6.45. The topological polar surface area (TPSA) is 34.4 Å².